The predicted octanol–water partition coefficient (Wildman–Crippen LogP) is 0.967. The Morgan fingerprint density at radius 2 is 2.12 bits per heavy atom. The summed E-state index contributed by atoms with van der Waals surface area (Å²) in [4.78, 5) is 38.1. The van der Waals surface area contributed by atoms with Crippen molar-refractivity contribution in [1.82, 2.24) is 24.4 Å². The summed E-state index contributed by atoms with van der Waals surface area (Å²) in [6.45, 7) is 3.69. The molecule has 1 aliphatic carbocycles. The number of rotatable bonds is 5. The Morgan fingerprint density at radius 1 is 1.32 bits per heavy atom. The summed E-state index contributed by atoms with van der Waals surface area (Å²) < 4.78 is 1.56. The van der Waals surface area contributed by atoms with E-state index in [1.807, 2.05) is 11.8 Å². The Morgan fingerprint density at radius 3 is 2.80 bits per heavy atom. The minimum atomic E-state index is -1.09. The van der Waals surface area contributed by atoms with E-state index >= 15 is 0 Å². The van der Waals surface area contributed by atoms with Gasteiger partial charge in [0.25, 0.3) is 0 Å². The van der Waals surface area contributed by atoms with Gasteiger partial charge in [0.05, 0.1) is 0 Å². The number of aryl methyl sites for hydroxylation is 1. The number of anilines is 1. The van der Waals surface area contributed by atoms with E-state index in [4.69, 9.17) is 0 Å². The second-order valence-electron chi connectivity index (χ2n) is 6.57. The zero-order valence-corrected chi connectivity index (χ0v) is 14.0. The summed E-state index contributed by atoms with van der Waals surface area (Å²) in [5, 5.41) is 12.6. The van der Waals surface area contributed by atoms with Gasteiger partial charge < -0.3 is 19.9 Å². The van der Waals surface area contributed by atoms with Crippen molar-refractivity contribution in [1.29, 1.82) is 0 Å². The Kier molecular flexibility index (Phi) is 3.78. The first-order valence-electron chi connectivity index (χ1n) is 8.58. The standard InChI is InChI=1S/C16H20N6O3/c1-2-22-13-11(20-14(22)16(24)25)12(17-8-18-13)19-10-5-6-21(7-10)15(23)9-3-4-9/h8-10H,2-7H2,1H3,(H,24,25)(H,17,18,19). The third kappa shape index (κ3) is 2.79. The maximum absolute atomic E-state index is 12.2. The van der Waals surface area contributed by atoms with Crippen LogP contribution >= 0.6 is 0 Å². The highest BCUT2D eigenvalue weighted by atomic mass is 16.4. The van der Waals surface area contributed by atoms with Crippen LogP contribution in [0, 0.1) is 5.92 Å². The van der Waals surface area contributed by atoms with E-state index < -0.39 is 5.97 Å². The molecule has 1 saturated heterocycles. The van der Waals surface area contributed by atoms with Crippen LogP contribution in [0.4, 0.5) is 5.82 Å². The maximum atomic E-state index is 12.2. The molecule has 9 heteroatoms. The number of aromatic nitrogens is 4. The number of hydrogen-bond acceptors (Lipinski definition) is 6. The summed E-state index contributed by atoms with van der Waals surface area (Å²) in [5.74, 6) is -0.139. The average Bonchev–Trinajstić information content (AvgIpc) is 3.22. The lowest BCUT2D eigenvalue weighted by Gasteiger charge is -2.17. The van der Waals surface area contributed by atoms with Crippen molar-refractivity contribution in [3.05, 3.63) is 12.2 Å². The molecule has 2 aromatic heterocycles. The van der Waals surface area contributed by atoms with Gasteiger partial charge in [0.15, 0.2) is 17.0 Å². The van der Waals surface area contributed by atoms with Crippen LogP contribution in [0.1, 0.15) is 36.8 Å². The molecule has 132 valence electrons. The Labute approximate surface area is 144 Å². The average molecular weight is 344 g/mol. The minimum Gasteiger partial charge on any atom is -0.475 e. The highest BCUT2D eigenvalue weighted by molar-refractivity contribution is 5.92. The van der Waals surface area contributed by atoms with Gasteiger partial charge in [0, 0.05) is 31.6 Å². The SMILES string of the molecule is CCn1c(C(=O)O)nc2c(NC3CCN(C(=O)C4CC4)C3)ncnc21. The van der Waals surface area contributed by atoms with Crippen molar-refractivity contribution in [3.63, 3.8) is 0 Å². The van der Waals surface area contributed by atoms with Crippen LogP contribution < -0.4 is 5.32 Å². The molecule has 1 unspecified atom stereocenters. The van der Waals surface area contributed by atoms with Gasteiger partial charge in [-0.15, -0.1) is 0 Å². The Bertz CT molecular complexity index is 844. The highest BCUT2D eigenvalue weighted by Crippen LogP contribution is 2.32. The molecule has 9 nitrogen and oxygen atoms in total. The zero-order chi connectivity index (χ0) is 17.6. The van der Waals surface area contributed by atoms with Crippen molar-refractivity contribution in [2.75, 3.05) is 18.4 Å². The van der Waals surface area contributed by atoms with Gasteiger partial charge in [0.2, 0.25) is 11.7 Å². The normalized spacial score (nSPS) is 20.2. The van der Waals surface area contributed by atoms with E-state index in [0.29, 0.717) is 30.1 Å². The van der Waals surface area contributed by atoms with E-state index in [2.05, 4.69) is 20.3 Å². The second-order valence-corrected chi connectivity index (χ2v) is 6.57. The third-order valence-electron chi connectivity index (χ3n) is 4.81. The van der Waals surface area contributed by atoms with Crippen molar-refractivity contribution in [2.24, 2.45) is 5.92 Å². The van der Waals surface area contributed by atoms with Gasteiger partial charge in [-0.2, -0.15) is 0 Å². The fourth-order valence-corrected chi connectivity index (χ4v) is 3.37. The van der Waals surface area contributed by atoms with E-state index in [0.717, 1.165) is 25.8 Å². The van der Waals surface area contributed by atoms with E-state index in [1.165, 1.54) is 6.33 Å². The van der Waals surface area contributed by atoms with Gasteiger partial charge in [-0.05, 0) is 26.2 Å². The summed E-state index contributed by atoms with van der Waals surface area (Å²) >= 11 is 0. The zero-order valence-electron chi connectivity index (χ0n) is 14.0. The lowest BCUT2D eigenvalue weighted by Crippen LogP contribution is -2.32. The topological polar surface area (TPSA) is 113 Å². The molecule has 2 aromatic rings. The first kappa shape index (κ1) is 15.8. The number of fused-ring (bicyclic) bond motifs is 1. The smallest absolute Gasteiger partial charge is 0.372 e. The lowest BCUT2D eigenvalue weighted by molar-refractivity contribution is -0.131. The summed E-state index contributed by atoms with van der Waals surface area (Å²) in [6.07, 6.45) is 4.26. The molecule has 1 amide bonds. The largest absolute Gasteiger partial charge is 0.475 e. The van der Waals surface area contributed by atoms with Crippen molar-refractivity contribution in [2.45, 2.75) is 38.8 Å². The molecular weight excluding hydrogens is 324 g/mol. The number of hydrogen-bond donors (Lipinski definition) is 2. The second kappa shape index (κ2) is 5.98. The van der Waals surface area contributed by atoms with Gasteiger partial charge in [-0.3, -0.25) is 4.79 Å². The minimum absolute atomic E-state index is 0.0435. The number of carbonyl (C=O) groups excluding carboxylic acids is 1. The van der Waals surface area contributed by atoms with E-state index in [9.17, 15) is 14.7 Å². The number of carbonyl (C=O) groups is 2. The molecule has 25 heavy (non-hydrogen) atoms. The van der Waals surface area contributed by atoms with Gasteiger partial charge in [-0.25, -0.2) is 19.7 Å². The summed E-state index contributed by atoms with van der Waals surface area (Å²) in [7, 11) is 0. The van der Waals surface area contributed by atoms with Crippen LogP contribution in [0.5, 0.6) is 0 Å². The highest BCUT2D eigenvalue weighted by Gasteiger charge is 2.36. The molecule has 0 aromatic carbocycles. The predicted molar refractivity (Wildman–Crippen MR) is 89.3 cm³/mol. The molecule has 1 saturated carbocycles. The van der Waals surface area contributed by atoms with Crippen LogP contribution in [0.15, 0.2) is 6.33 Å². The molecular formula is C16H20N6O3. The van der Waals surface area contributed by atoms with Crippen LogP contribution in [-0.4, -0.2) is 60.5 Å². The molecule has 1 aliphatic heterocycles. The molecule has 4 rings (SSSR count). The number of likely N-dealkylation sites (tertiary alicyclic amines) is 1. The first-order valence-corrected chi connectivity index (χ1v) is 8.58. The quantitative estimate of drug-likeness (QED) is 0.830. The van der Waals surface area contributed by atoms with Crippen LogP contribution in [0.2, 0.25) is 0 Å². The van der Waals surface area contributed by atoms with Crippen LogP contribution in [0.25, 0.3) is 11.2 Å². The number of carboxylic acid groups (broad SMARTS) is 1. The number of nitrogens with zero attached hydrogens (tertiary/aromatic N) is 5. The molecule has 1 atom stereocenters. The first-order chi connectivity index (χ1) is 12.1. The molecule has 2 N–H and O–H groups in total. The Balaban J connectivity index is 1.57. The van der Waals surface area contributed by atoms with Crippen LogP contribution in [-0.2, 0) is 11.3 Å². The number of carboxylic acids is 1. The fourth-order valence-electron chi connectivity index (χ4n) is 3.37. The summed E-state index contributed by atoms with van der Waals surface area (Å²) in [5.41, 5.74) is 0.954. The number of imidazole rings is 1. The molecule has 0 radical (unpaired) electrons. The molecule has 2 aliphatic rings. The third-order valence-corrected chi connectivity index (χ3v) is 4.81. The summed E-state index contributed by atoms with van der Waals surface area (Å²) in [6, 6.07) is 0.0841. The van der Waals surface area contributed by atoms with Crippen molar-refractivity contribution < 1.29 is 14.7 Å². The monoisotopic (exact) mass is 344 g/mol. The number of aromatic carboxylic acids is 1. The van der Waals surface area contributed by atoms with Gasteiger partial charge in [-0.1, -0.05) is 0 Å². The molecule has 3 heterocycles. The number of nitrogens with one attached hydrogen (secondary N) is 1. The van der Waals surface area contributed by atoms with Crippen molar-refractivity contribution in [3.8, 4) is 0 Å². The van der Waals surface area contributed by atoms with Crippen molar-refractivity contribution >= 4 is 28.9 Å². The van der Waals surface area contributed by atoms with E-state index in [-0.39, 0.29) is 23.7 Å². The molecule has 2 fully saturated rings. The number of amides is 1. The molecule has 0 spiro atoms. The van der Waals surface area contributed by atoms with E-state index in [1.54, 1.807) is 4.57 Å². The van der Waals surface area contributed by atoms with Gasteiger partial charge in [0.1, 0.15) is 6.33 Å². The van der Waals surface area contributed by atoms with Gasteiger partial charge >= 0.3 is 5.97 Å². The lowest BCUT2D eigenvalue weighted by atomic mass is 10.2. The maximum Gasteiger partial charge on any atom is 0.372 e. The fraction of sp³-hybridized carbons (Fsp3) is 0.562. The van der Waals surface area contributed by atoms with Crippen LogP contribution in [0.3, 0.4) is 0 Å². The molecule has 0 bridgehead atoms. The Hall–Kier alpha value is -2.71.